The number of fused-ring (bicyclic) bond motifs is 5. The van der Waals surface area contributed by atoms with Crippen LogP contribution in [0.1, 0.15) is 82.0 Å². The lowest BCUT2D eigenvalue weighted by Gasteiger charge is -2.36. The highest BCUT2D eigenvalue weighted by Gasteiger charge is 2.60. The summed E-state index contributed by atoms with van der Waals surface area (Å²) in [6.07, 6.45) is 11.7. The molecule has 2 aliphatic heterocycles. The zero-order chi connectivity index (χ0) is 54.2. The molecule has 0 radical (unpaired) electrons. The van der Waals surface area contributed by atoms with Gasteiger partial charge in [0.25, 0.3) is 0 Å². The van der Waals surface area contributed by atoms with Crippen molar-refractivity contribution < 1.29 is 62.1 Å². The first kappa shape index (κ1) is 57.9. The van der Waals surface area contributed by atoms with Crippen molar-refractivity contribution in [2.45, 2.75) is 97.0 Å². The molecule has 22 nitrogen and oxygen atoms in total. The van der Waals surface area contributed by atoms with Gasteiger partial charge in [-0.25, -0.2) is 9.67 Å². The molecule has 0 spiro atoms. The predicted octanol–water partition coefficient (Wildman–Crippen LogP) is 2.04. The molecule has 23 heteroatoms. The van der Waals surface area contributed by atoms with Gasteiger partial charge in [0.1, 0.15) is 23.5 Å². The van der Waals surface area contributed by atoms with E-state index in [0.717, 1.165) is 16.9 Å². The number of likely N-dealkylation sites (tertiary alicyclic amines) is 1. The van der Waals surface area contributed by atoms with Gasteiger partial charge < -0.3 is 48.9 Å². The van der Waals surface area contributed by atoms with Crippen molar-refractivity contribution in [2.24, 2.45) is 35.5 Å². The van der Waals surface area contributed by atoms with Crippen molar-refractivity contribution in [1.29, 1.82) is 0 Å². The average Bonchev–Trinajstić information content (AvgIpc) is 4.25. The van der Waals surface area contributed by atoms with E-state index >= 15 is 0 Å². The Kier molecular flexibility index (Phi) is 20.9. The Bertz CT molecular complexity index is 2420. The molecule has 3 fully saturated rings. The number of benzene rings is 1. The maximum absolute atomic E-state index is 14.1. The Hall–Kier alpha value is -5.82. The Balaban J connectivity index is 0.774. The fraction of sp³-hybridized carbons (Fsp3) is 0.623. The minimum absolute atomic E-state index is 0.00430. The first-order chi connectivity index (χ1) is 36.6. The van der Waals surface area contributed by atoms with Crippen LogP contribution in [0.5, 0.6) is 0 Å². The molecule has 5 amide bonds. The van der Waals surface area contributed by atoms with Crippen molar-refractivity contribution in [3.8, 4) is 0 Å². The predicted molar refractivity (Wildman–Crippen MR) is 274 cm³/mol. The quantitative estimate of drug-likeness (QED) is 0.0259. The standard InChI is InChI=1S/C53H74BN9O13/c1-36(2)27-44(58-49(68)40(28-37-9-7-6-8-10-37)30-43(65)42-31-55-14-15-56-42)54-75-52(3,4)53(5,76-54)35-74-26-25-73-24-23-72-22-21-71-20-18-62-33-41(59-60-62)32-61(17-13-45(66)57-16-19-64)46(67)34-63-50(69)47-38-11-12-39(29-38)48(47)51(63)70/h6-12,14-15,31,33,36,38-40,44,47-48,64H,13,16-30,32,34-35H2,1-5H3,(H,57,66)(H,58,68)/t38?,39?,40-,44+,47?,48?,53?/m0/s1. The smallest absolute Gasteiger partial charge is 0.402 e. The van der Waals surface area contributed by atoms with E-state index < -0.39 is 54.5 Å². The zero-order valence-electron chi connectivity index (χ0n) is 44.4. The van der Waals surface area contributed by atoms with Crippen LogP contribution in [0.2, 0.25) is 0 Å². The Morgan fingerprint density at radius 1 is 0.908 bits per heavy atom. The monoisotopic (exact) mass is 1060 g/mol. The van der Waals surface area contributed by atoms with E-state index in [-0.39, 0.29) is 98.5 Å². The summed E-state index contributed by atoms with van der Waals surface area (Å²) in [6, 6.07) is 9.60. The summed E-state index contributed by atoms with van der Waals surface area (Å²) in [7, 11) is -0.767. The van der Waals surface area contributed by atoms with Crippen molar-refractivity contribution in [2.75, 3.05) is 79.1 Å². The highest BCUT2D eigenvalue weighted by Crippen LogP contribution is 2.52. The highest BCUT2D eigenvalue weighted by molar-refractivity contribution is 6.48. The molecule has 4 aliphatic rings. The molecule has 412 valence electrons. The van der Waals surface area contributed by atoms with Crippen LogP contribution in [0.4, 0.5) is 0 Å². The second-order valence-electron chi connectivity index (χ2n) is 21.0. The van der Waals surface area contributed by atoms with Crippen molar-refractivity contribution in [3.05, 3.63) is 84.2 Å². The maximum atomic E-state index is 14.1. The fourth-order valence-corrected chi connectivity index (χ4v) is 10.2. The SMILES string of the molecule is CC(C)C[C@@H](NC(=O)[C@H](CC(=O)c1cnccn1)Cc1ccccc1)B1OC(C)(C)C(C)(COCCOCCOCCOCCn2cc(CN(CCC(=O)NCCO)C(=O)CN3C(=O)C4C5C=CC(C5)C4C3=O)nn2)O1. The number of Topliss-reactive ketones (excluding diaryl/α,β-unsaturated/α-hetero) is 1. The number of aromatic nitrogens is 5. The third-order valence-corrected chi connectivity index (χ3v) is 14.6. The van der Waals surface area contributed by atoms with Gasteiger partial charge in [-0.3, -0.25) is 38.7 Å². The molecule has 5 unspecified atom stereocenters. The van der Waals surface area contributed by atoms with Gasteiger partial charge >= 0.3 is 7.12 Å². The van der Waals surface area contributed by atoms with Gasteiger partial charge in [-0.05, 0) is 63.4 Å². The van der Waals surface area contributed by atoms with Gasteiger partial charge in [0.05, 0.1) is 108 Å². The summed E-state index contributed by atoms with van der Waals surface area (Å²) >= 11 is 0. The topological polar surface area (TPSA) is 265 Å². The van der Waals surface area contributed by atoms with Crippen molar-refractivity contribution in [3.63, 3.8) is 0 Å². The van der Waals surface area contributed by atoms with Gasteiger partial charge in [0.15, 0.2) is 5.78 Å². The van der Waals surface area contributed by atoms with Crippen LogP contribution in [0.3, 0.4) is 0 Å². The molecule has 76 heavy (non-hydrogen) atoms. The van der Waals surface area contributed by atoms with Gasteiger partial charge in [-0.15, -0.1) is 5.10 Å². The summed E-state index contributed by atoms with van der Waals surface area (Å²) in [6.45, 7) is 12.3. The molecule has 7 atom stereocenters. The Morgan fingerprint density at radius 3 is 2.22 bits per heavy atom. The Morgan fingerprint density at radius 2 is 1.58 bits per heavy atom. The molecule has 3 aromatic rings. The van der Waals surface area contributed by atoms with E-state index in [0.29, 0.717) is 71.3 Å². The van der Waals surface area contributed by atoms with Crippen LogP contribution in [-0.2, 0) is 71.7 Å². The zero-order valence-corrected chi connectivity index (χ0v) is 44.4. The number of hydrogen-bond acceptors (Lipinski definition) is 17. The molecule has 7 rings (SSSR count). The largest absolute Gasteiger partial charge is 0.481 e. The molecule has 1 aromatic carbocycles. The minimum Gasteiger partial charge on any atom is -0.402 e. The van der Waals surface area contributed by atoms with Gasteiger partial charge in [0.2, 0.25) is 29.5 Å². The number of nitrogens with one attached hydrogen (secondary N) is 2. The second-order valence-corrected chi connectivity index (χ2v) is 21.0. The number of aliphatic hydroxyl groups excluding tert-OH is 1. The summed E-state index contributed by atoms with van der Waals surface area (Å²) < 4.78 is 37.9. The lowest BCUT2D eigenvalue weighted by atomic mass is 9.73. The number of rotatable bonds is 33. The van der Waals surface area contributed by atoms with E-state index in [1.807, 2.05) is 63.3 Å². The third kappa shape index (κ3) is 15.4. The fourth-order valence-electron chi connectivity index (χ4n) is 10.2. The van der Waals surface area contributed by atoms with E-state index in [2.05, 4.69) is 44.8 Å². The van der Waals surface area contributed by atoms with Crippen LogP contribution >= 0.6 is 0 Å². The number of allylic oxidation sites excluding steroid dienone is 2. The molecule has 2 saturated heterocycles. The molecular weight excluding hydrogens is 981 g/mol. The van der Waals surface area contributed by atoms with Gasteiger partial charge in [-0.1, -0.05) is 61.5 Å². The molecule has 1 saturated carbocycles. The number of carbonyl (C=O) groups excluding carboxylic acids is 6. The minimum atomic E-state index is -0.857. The summed E-state index contributed by atoms with van der Waals surface area (Å²) in [5, 5.41) is 23.2. The molecule has 2 bridgehead atoms. The van der Waals surface area contributed by atoms with Crippen LogP contribution in [-0.4, -0.2) is 179 Å². The van der Waals surface area contributed by atoms with Crippen molar-refractivity contribution in [1.82, 2.24) is 45.4 Å². The first-order valence-electron chi connectivity index (χ1n) is 26.4. The second kappa shape index (κ2) is 27.5. The molecule has 4 heterocycles. The number of carbonyl (C=O) groups is 6. The van der Waals surface area contributed by atoms with E-state index in [4.69, 9.17) is 33.4 Å². The highest BCUT2D eigenvalue weighted by atomic mass is 16.7. The number of amides is 5. The summed E-state index contributed by atoms with van der Waals surface area (Å²) in [5.74, 6) is -3.79. The number of imide groups is 1. The number of nitrogens with zero attached hydrogens (tertiary/aromatic N) is 7. The van der Waals surface area contributed by atoms with Crippen LogP contribution < -0.4 is 10.6 Å². The van der Waals surface area contributed by atoms with Crippen LogP contribution in [0.15, 0.2) is 67.3 Å². The van der Waals surface area contributed by atoms with E-state index in [1.54, 1.807) is 10.9 Å². The normalized spacial score (nSPS) is 22.1. The van der Waals surface area contributed by atoms with E-state index in [9.17, 15) is 28.8 Å². The lowest BCUT2D eigenvalue weighted by Crippen LogP contribution is -2.51. The van der Waals surface area contributed by atoms with E-state index in [1.165, 1.54) is 23.5 Å². The summed E-state index contributed by atoms with van der Waals surface area (Å²) in [4.78, 5) is 90.6. The first-order valence-corrected chi connectivity index (χ1v) is 26.4. The van der Waals surface area contributed by atoms with Gasteiger partial charge in [-0.2, -0.15) is 0 Å². The lowest BCUT2D eigenvalue weighted by molar-refractivity contribution is -0.147. The van der Waals surface area contributed by atoms with Crippen LogP contribution in [0, 0.1) is 35.5 Å². The Labute approximate surface area is 444 Å². The molecular formula is C53H74BN9O13. The van der Waals surface area contributed by atoms with Crippen LogP contribution in [0.25, 0.3) is 0 Å². The molecule has 2 aromatic heterocycles. The number of ketones is 1. The number of ether oxygens (including phenoxy) is 4. The molecule has 2 aliphatic carbocycles. The van der Waals surface area contributed by atoms with Gasteiger partial charge in [0, 0.05) is 44.2 Å². The average molecular weight is 1060 g/mol. The number of aliphatic hydroxyl groups is 1. The molecule has 3 N–H and O–H groups in total. The maximum Gasteiger partial charge on any atom is 0.481 e. The summed E-state index contributed by atoms with van der Waals surface area (Å²) in [5.41, 5.74) is -0.0334. The van der Waals surface area contributed by atoms with Crippen molar-refractivity contribution >= 4 is 42.4 Å². The third-order valence-electron chi connectivity index (χ3n) is 14.6. The number of hydrogen-bond donors (Lipinski definition) is 3.